The number of carbonyl (C=O) groups is 1. The standard InChI is InChI=1S/C22H31N5O.HI/c1-4-27(21-12-6-5-7-13-21)15-9-14-24-22(23-3)25-17-19-10-8-11-20(16-19)26-18(2)28;/h5-8,10-13,16H,4,9,14-15,17H2,1-3H3,(H,26,28)(H2,23,24,25);1H. The van der Waals surface area contributed by atoms with E-state index in [1.165, 1.54) is 12.6 Å². The normalized spacial score (nSPS) is 10.7. The van der Waals surface area contributed by atoms with Crippen LogP contribution in [0.15, 0.2) is 59.6 Å². The summed E-state index contributed by atoms with van der Waals surface area (Å²) in [6.45, 7) is 7.14. The number of nitrogens with zero attached hydrogens (tertiary/aromatic N) is 2. The number of amides is 1. The molecular weight excluding hydrogens is 477 g/mol. The Kier molecular flexibility index (Phi) is 11.8. The molecule has 0 fully saturated rings. The van der Waals surface area contributed by atoms with Crippen molar-refractivity contribution in [3.05, 3.63) is 60.2 Å². The van der Waals surface area contributed by atoms with Crippen molar-refractivity contribution in [3.63, 3.8) is 0 Å². The highest BCUT2D eigenvalue weighted by atomic mass is 127. The van der Waals surface area contributed by atoms with Crippen LogP contribution < -0.4 is 20.9 Å². The Bertz CT molecular complexity index is 767. The van der Waals surface area contributed by atoms with Crippen molar-refractivity contribution in [1.82, 2.24) is 10.6 Å². The lowest BCUT2D eigenvalue weighted by molar-refractivity contribution is -0.114. The van der Waals surface area contributed by atoms with E-state index in [0.29, 0.717) is 6.54 Å². The Hall–Kier alpha value is -2.29. The highest BCUT2D eigenvalue weighted by molar-refractivity contribution is 14.0. The van der Waals surface area contributed by atoms with Crippen molar-refractivity contribution < 1.29 is 4.79 Å². The molecule has 0 saturated carbocycles. The van der Waals surface area contributed by atoms with Crippen LogP contribution in [0.5, 0.6) is 0 Å². The third-order valence-corrected chi connectivity index (χ3v) is 4.33. The molecule has 2 rings (SSSR count). The first-order chi connectivity index (χ1) is 13.6. The second kappa shape index (κ2) is 13.8. The SMILES string of the molecule is CCN(CCCNC(=NC)NCc1cccc(NC(C)=O)c1)c1ccccc1.I. The third kappa shape index (κ3) is 9.17. The molecule has 158 valence electrons. The summed E-state index contributed by atoms with van der Waals surface area (Å²) >= 11 is 0. The van der Waals surface area contributed by atoms with E-state index in [9.17, 15) is 4.79 Å². The average Bonchev–Trinajstić information content (AvgIpc) is 2.70. The van der Waals surface area contributed by atoms with Crippen LogP contribution in [-0.4, -0.2) is 38.5 Å². The van der Waals surface area contributed by atoms with Crippen molar-refractivity contribution in [3.8, 4) is 0 Å². The number of benzene rings is 2. The molecule has 2 aromatic carbocycles. The smallest absolute Gasteiger partial charge is 0.221 e. The number of carbonyl (C=O) groups excluding carboxylic acids is 1. The maximum atomic E-state index is 11.2. The summed E-state index contributed by atoms with van der Waals surface area (Å²) in [4.78, 5) is 17.8. The Morgan fingerprint density at radius 3 is 2.48 bits per heavy atom. The van der Waals surface area contributed by atoms with E-state index in [4.69, 9.17) is 0 Å². The number of anilines is 2. The number of hydrogen-bond donors (Lipinski definition) is 3. The molecule has 0 atom stereocenters. The topological polar surface area (TPSA) is 68.8 Å². The lowest BCUT2D eigenvalue weighted by Gasteiger charge is -2.23. The molecule has 0 aliphatic carbocycles. The van der Waals surface area contributed by atoms with Gasteiger partial charge in [-0.15, -0.1) is 24.0 Å². The van der Waals surface area contributed by atoms with E-state index in [2.05, 4.69) is 57.0 Å². The summed E-state index contributed by atoms with van der Waals surface area (Å²) in [5.74, 6) is 0.701. The van der Waals surface area contributed by atoms with Gasteiger partial charge in [-0.25, -0.2) is 0 Å². The minimum absolute atomic E-state index is 0. The molecule has 0 bridgehead atoms. The van der Waals surface area contributed by atoms with E-state index >= 15 is 0 Å². The number of para-hydroxylation sites is 1. The highest BCUT2D eigenvalue weighted by Crippen LogP contribution is 2.13. The van der Waals surface area contributed by atoms with Crippen LogP contribution >= 0.6 is 24.0 Å². The number of rotatable bonds is 9. The van der Waals surface area contributed by atoms with Crippen LogP contribution in [0.2, 0.25) is 0 Å². The fraction of sp³-hybridized carbons (Fsp3) is 0.364. The molecule has 3 N–H and O–H groups in total. The number of halogens is 1. The molecule has 0 radical (unpaired) electrons. The molecule has 0 aliphatic rings. The number of aliphatic imine (C=N–C) groups is 1. The monoisotopic (exact) mass is 509 g/mol. The first-order valence-corrected chi connectivity index (χ1v) is 9.73. The maximum absolute atomic E-state index is 11.2. The molecule has 0 spiro atoms. The molecule has 29 heavy (non-hydrogen) atoms. The lowest BCUT2D eigenvalue weighted by Crippen LogP contribution is -2.38. The molecule has 0 heterocycles. The zero-order chi connectivity index (χ0) is 20.2. The van der Waals surface area contributed by atoms with E-state index in [1.54, 1.807) is 7.05 Å². The van der Waals surface area contributed by atoms with E-state index in [0.717, 1.165) is 43.3 Å². The van der Waals surface area contributed by atoms with Gasteiger partial charge in [0.2, 0.25) is 5.91 Å². The van der Waals surface area contributed by atoms with Gasteiger partial charge in [0, 0.05) is 51.5 Å². The minimum atomic E-state index is -0.0702. The van der Waals surface area contributed by atoms with Crippen LogP contribution in [-0.2, 0) is 11.3 Å². The summed E-state index contributed by atoms with van der Waals surface area (Å²) in [6.07, 6.45) is 1.02. The van der Waals surface area contributed by atoms with E-state index in [-0.39, 0.29) is 29.9 Å². The first-order valence-electron chi connectivity index (χ1n) is 9.73. The first kappa shape index (κ1) is 24.7. The van der Waals surface area contributed by atoms with Crippen LogP contribution in [0.25, 0.3) is 0 Å². The quantitative estimate of drug-likeness (QED) is 0.208. The largest absolute Gasteiger partial charge is 0.372 e. The van der Waals surface area contributed by atoms with Crippen molar-refractivity contribution in [2.24, 2.45) is 4.99 Å². The Morgan fingerprint density at radius 2 is 1.83 bits per heavy atom. The fourth-order valence-corrected chi connectivity index (χ4v) is 2.95. The van der Waals surface area contributed by atoms with Gasteiger partial charge in [-0.1, -0.05) is 30.3 Å². The molecule has 0 aliphatic heterocycles. The lowest BCUT2D eigenvalue weighted by atomic mass is 10.2. The molecule has 2 aromatic rings. The van der Waals surface area contributed by atoms with E-state index in [1.807, 2.05) is 30.3 Å². The van der Waals surface area contributed by atoms with Gasteiger partial charge < -0.3 is 20.9 Å². The summed E-state index contributed by atoms with van der Waals surface area (Å²) in [5, 5.41) is 9.47. The van der Waals surface area contributed by atoms with Crippen molar-refractivity contribution in [1.29, 1.82) is 0 Å². The zero-order valence-corrected chi connectivity index (χ0v) is 19.8. The van der Waals surface area contributed by atoms with Crippen LogP contribution in [0, 0.1) is 0 Å². The maximum Gasteiger partial charge on any atom is 0.221 e. The molecule has 6 nitrogen and oxygen atoms in total. The van der Waals surface area contributed by atoms with Crippen LogP contribution in [0.1, 0.15) is 25.8 Å². The van der Waals surface area contributed by atoms with Gasteiger partial charge in [-0.05, 0) is 43.2 Å². The van der Waals surface area contributed by atoms with Gasteiger partial charge in [0.25, 0.3) is 0 Å². The summed E-state index contributed by atoms with van der Waals surface area (Å²) in [5.41, 5.74) is 3.14. The third-order valence-electron chi connectivity index (χ3n) is 4.33. The summed E-state index contributed by atoms with van der Waals surface area (Å²) < 4.78 is 0. The second-order valence-corrected chi connectivity index (χ2v) is 6.50. The number of hydrogen-bond acceptors (Lipinski definition) is 3. The van der Waals surface area contributed by atoms with E-state index < -0.39 is 0 Å². The number of nitrogens with one attached hydrogen (secondary N) is 3. The van der Waals surface area contributed by atoms with Gasteiger partial charge in [-0.3, -0.25) is 9.79 Å². The minimum Gasteiger partial charge on any atom is -0.372 e. The highest BCUT2D eigenvalue weighted by Gasteiger charge is 2.04. The molecule has 0 aromatic heterocycles. The predicted octanol–water partition coefficient (Wildman–Crippen LogP) is 3.84. The Balaban J connectivity index is 0.00000420. The van der Waals surface area contributed by atoms with Crippen molar-refractivity contribution >= 4 is 47.2 Å². The van der Waals surface area contributed by atoms with Crippen LogP contribution in [0.3, 0.4) is 0 Å². The van der Waals surface area contributed by atoms with Crippen LogP contribution in [0.4, 0.5) is 11.4 Å². The Labute approximate surface area is 191 Å². The Morgan fingerprint density at radius 1 is 1.07 bits per heavy atom. The van der Waals surface area contributed by atoms with Crippen molar-refractivity contribution in [2.45, 2.75) is 26.8 Å². The molecule has 0 unspecified atom stereocenters. The van der Waals surface area contributed by atoms with Gasteiger partial charge in [0.05, 0.1) is 0 Å². The molecular formula is C22H32IN5O. The van der Waals surface area contributed by atoms with Gasteiger partial charge >= 0.3 is 0 Å². The van der Waals surface area contributed by atoms with Gasteiger partial charge in [0.15, 0.2) is 5.96 Å². The molecule has 7 heteroatoms. The average molecular weight is 509 g/mol. The second-order valence-electron chi connectivity index (χ2n) is 6.50. The van der Waals surface area contributed by atoms with Crippen molar-refractivity contribution in [2.75, 3.05) is 36.9 Å². The van der Waals surface area contributed by atoms with Gasteiger partial charge in [0.1, 0.15) is 0 Å². The fourth-order valence-electron chi connectivity index (χ4n) is 2.95. The number of guanidine groups is 1. The van der Waals surface area contributed by atoms with Gasteiger partial charge in [-0.2, -0.15) is 0 Å². The molecule has 0 saturated heterocycles. The zero-order valence-electron chi connectivity index (χ0n) is 17.4. The molecule has 1 amide bonds. The summed E-state index contributed by atoms with van der Waals surface area (Å²) in [7, 11) is 1.77. The summed E-state index contributed by atoms with van der Waals surface area (Å²) in [6, 6.07) is 18.3. The predicted molar refractivity (Wildman–Crippen MR) is 133 cm³/mol.